The van der Waals surface area contributed by atoms with Crippen molar-refractivity contribution in [1.29, 1.82) is 0 Å². The molecule has 11 heteroatoms. The first-order chi connectivity index (χ1) is 12.1. The third kappa shape index (κ3) is 4.52. The van der Waals surface area contributed by atoms with Crippen molar-refractivity contribution in [2.24, 2.45) is 0 Å². The number of H-pyrrole nitrogens is 1. The van der Waals surface area contributed by atoms with Gasteiger partial charge in [-0.1, -0.05) is 0 Å². The first-order valence-corrected chi connectivity index (χ1v) is 9.69. The molecule has 1 fully saturated rings. The SMILES string of the molecule is CCOC(=O)c1cn[nH]c1S(=O)(=O)N1CCN(C(=O)OC(C)(C)C)CC1. The van der Waals surface area contributed by atoms with Gasteiger partial charge in [-0.15, -0.1) is 0 Å². The van der Waals surface area contributed by atoms with Crippen molar-refractivity contribution in [1.82, 2.24) is 19.4 Å². The summed E-state index contributed by atoms with van der Waals surface area (Å²) in [4.78, 5) is 25.4. The summed E-state index contributed by atoms with van der Waals surface area (Å²) in [6.45, 7) is 7.60. The number of aromatic amines is 1. The lowest BCUT2D eigenvalue weighted by Crippen LogP contribution is -2.51. The monoisotopic (exact) mass is 388 g/mol. The number of ether oxygens (including phenoxy) is 2. The number of carbonyl (C=O) groups excluding carboxylic acids is 2. The number of esters is 1. The molecule has 0 bridgehead atoms. The van der Waals surface area contributed by atoms with Crippen LogP contribution < -0.4 is 0 Å². The fraction of sp³-hybridized carbons (Fsp3) is 0.667. The average Bonchev–Trinajstić information content (AvgIpc) is 3.04. The Kier molecular flexibility index (Phi) is 5.91. The van der Waals surface area contributed by atoms with Crippen molar-refractivity contribution in [3.05, 3.63) is 11.8 Å². The molecule has 2 heterocycles. The molecule has 1 aliphatic rings. The van der Waals surface area contributed by atoms with Crippen LogP contribution in [0, 0.1) is 0 Å². The van der Waals surface area contributed by atoms with Crippen LogP contribution in [0.3, 0.4) is 0 Å². The first kappa shape index (κ1) is 20.2. The number of piperazine rings is 1. The lowest BCUT2D eigenvalue weighted by molar-refractivity contribution is 0.0192. The van der Waals surface area contributed by atoms with Crippen molar-refractivity contribution in [3.8, 4) is 0 Å². The zero-order valence-corrected chi connectivity index (χ0v) is 16.1. The summed E-state index contributed by atoms with van der Waals surface area (Å²) in [5.41, 5.74) is -0.758. The van der Waals surface area contributed by atoms with Crippen LogP contribution in [0.15, 0.2) is 11.2 Å². The van der Waals surface area contributed by atoms with Crippen LogP contribution in [0.5, 0.6) is 0 Å². The number of nitrogens with one attached hydrogen (secondary N) is 1. The van der Waals surface area contributed by atoms with Gasteiger partial charge >= 0.3 is 12.1 Å². The molecule has 0 aliphatic carbocycles. The Morgan fingerprint density at radius 1 is 1.23 bits per heavy atom. The quantitative estimate of drug-likeness (QED) is 0.758. The van der Waals surface area contributed by atoms with Gasteiger partial charge in [0.05, 0.1) is 12.8 Å². The van der Waals surface area contributed by atoms with E-state index in [-0.39, 0.29) is 43.4 Å². The topological polar surface area (TPSA) is 122 Å². The smallest absolute Gasteiger partial charge is 0.410 e. The molecule has 2 rings (SSSR count). The molecule has 1 N–H and O–H groups in total. The van der Waals surface area contributed by atoms with E-state index in [0.29, 0.717) is 0 Å². The van der Waals surface area contributed by atoms with Gasteiger partial charge in [0.15, 0.2) is 5.03 Å². The summed E-state index contributed by atoms with van der Waals surface area (Å²) in [5, 5.41) is 5.71. The minimum atomic E-state index is -3.96. The van der Waals surface area contributed by atoms with E-state index in [0.717, 1.165) is 6.20 Å². The maximum absolute atomic E-state index is 12.8. The Morgan fingerprint density at radius 3 is 2.38 bits per heavy atom. The zero-order chi connectivity index (χ0) is 19.5. The highest BCUT2D eigenvalue weighted by Gasteiger charge is 2.35. The highest BCUT2D eigenvalue weighted by atomic mass is 32.2. The van der Waals surface area contributed by atoms with E-state index >= 15 is 0 Å². The molecule has 0 spiro atoms. The molecule has 1 aliphatic heterocycles. The Labute approximate surface area is 152 Å². The van der Waals surface area contributed by atoms with Crippen molar-refractivity contribution in [2.45, 2.75) is 38.3 Å². The summed E-state index contributed by atoms with van der Waals surface area (Å²) in [7, 11) is -3.96. The van der Waals surface area contributed by atoms with Crippen molar-refractivity contribution >= 4 is 22.1 Å². The highest BCUT2D eigenvalue weighted by molar-refractivity contribution is 7.89. The van der Waals surface area contributed by atoms with Crippen LogP contribution in [0.2, 0.25) is 0 Å². The molecule has 10 nitrogen and oxygen atoms in total. The lowest BCUT2D eigenvalue weighted by atomic mass is 10.2. The summed E-state index contributed by atoms with van der Waals surface area (Å²) in [6, 6.07) is 0. The summed E-state index contributed by atoms with van der Waals surface area (Å²) in [5.74, 6) is -0.757. The second-order valence-corrected chi connectivity index (χ2v) is 8.58. The lowest BCUT2D eigenvalue weighted by Gasteiger charge is -2.34. The number of nitrogens with zero attached hydrogens (tertiary/aromatic N) is 3. The van der Waals surface area contributed by atoms with Crippen molar-refractivity contribution in [3.63, 3.8) is 0 Å². The first-order valence-electron chi connectivity index (χ1n) is 8.25. The molecule has 26 heavy (non-hydrogen) atoms. The predicted octanol–water partition coefficient (Wildman–Crippen LogP) is 0.828. The molecular formula is C15H24N4O6S. The van der Waals surface area contributed by atoms with Gasteiger partial charge in [-0.3, -0.25) is 5.10 Å². The van der Waals surface area contributed by atoms with Crippen LogP contribution >= 0.6 is 0 Å². The molecule has 1 amide bonds. The molecule has 0 atom stereocenters. The van der Waals surface area contributed by atoms with Gasteiger partial charge in [0.1, 0.15) is 11.2 Å². The molecule has 0 saturated carbocycles. The fourth-order valence-electron chi connectivity index (χ4n) is 2.39. The van der Waals surface area contributed by atoms with Crippen LogP contribution in [0.4, 0.5) is 4.79 Å². The van der Waals surface area contributed by atoms with Crippen LogP contribution in [-0.2, 0) is 19.5 Å². The minimum absolute atomic E-state index is 0.0862. The molecule has 0 unspecified atom stereocenters. The molecule has 1 saturated heterocycles. The number of rotatable bonds is 4. The van der Waals surface area contributed by atoms with E-state index in [9.17, 15) is 18.0 Å². The summed E-state index contributed by atoms with van der Waals surface area (Å²) in [6.07, 6.45) is 0.644. The van der Waals surface area contributed by atoms with E-state index < -0.39 is 27.7 Å². The number of hydrogen-bond acceptors (Lipinski definition) is 7. The van der Waals surface area contributed by atoms with Gasteiger partial charge in [-0.05, 0) is 27.7 Å². The molecule has 0 aromatic carbocycles. The largest absolute Gasteiger partial charge is 0.462 e. The van der Waals surface area contributed by atoms with E-state index in [1.165, 1.54) is 9.21 Å². The third-order valence-electron chi connectivity index (χ3n) is 3.59. The highest BCUT2D eigenvalue weighted by Crippen LogP contribution is 2.21. The Hall–Kier alpha value is -2.14. The minimum Gasteiger partial charge on any atom is -0.462 e. The van der Waals surface area contributed by atoms with Gasteiger partial charge in [0.25, 0.3) is 10.0 Å². The van der Waals surface area contributed by atoms with Crippen molar-refractivity contribution in [2.75, 3.05) is 32.8 Å². The number of carbonyl (C=O) groups is 2. The summed E-state index contributed by atoms with van der Waals surface area (Å²) >= 11 is 0. The van der Waals surface area contributed by atoms with Gasteiger partial charge in [0, 0.05) is 26.2 Å². The van der Waals surface area contributed by atoms with Gasteiger partial charge < -0.3 is 14.4 Å². The van der Waals surface area contributed by atoms with E-state index in [2.05, 4.69) is 10.2 Å². The van der Waals surface area contributed by atoms with E-state index in [1.807, 2.05) is 0 Å². The van der Waals surface area contributed by atoms with Crippen LogP contribution in [-0.4, -0.2) is 78.3 Å². The normalized spacial score (nSPS) is 16.4. The van der Waals surface area contributed by atoms with Crippen LogP contribution in [0.25, 0.3) is 0 Å². The Morgan fingerprint density at radius 2 is 1.85 bits per heavy atom. The van der Waals surface area contributed by atoms with Gasteiger partial charge in [-0.2, -0.15) is 9.40 Å². The molecule has 146 valence electrons. The van der Waals surface area contributed by atoms with Gasteiger partial charge in [0.2, 0.25) is 0 Å². The number of amides is 1. The summed E-state index contributed by atoms with van der Waals surface area (Å²) < 4.78 is 36.9. The zero-order valence-electron chi connectivity index (χ0n) is 15.3. The Bertz CT molecular complexity index is 759. The van der Waals surface area contributed by atoms with Gasteiger partial charge in [-0.25, -0.2) is 18.0 Å². The second-order valence-electron chi connectivity index (χ2n) is 6.70. The number of sulfonamides is 1. The maximum Gasteiger partial charge on any atom is 0.410 e. The predicted molar refractivity (Wildman–Crippen MR) is 91.1 cm³/mol. The van der Waals surface area contributed by atoms with Crippen LogP contribution in [0.1, 0.15) is 38.1 Å². The fourth-order valence-corrected chi connectivity index (χ4v) is 3.88. The maximum atomic E-state index is 12.8. The van der Waals surface area contributed by atoms with E-state index in [1.54, 1.807) is 27.7 Å². The molecule has 1 aromatic heterocycles. The molecular weight excluding hydrogens is 364 g/mol. The number of aromatic nitrogens is 2. The standard InChI is InChI=1S/C15H24N4O6S/c1-5-24-13(20)11-10-16-17-12(11)26(22,23)19-8-6-18(7-9-19)14(21)25-15(2,3)4/h10H,5-9H2,1-4H3,(H,16,17). The molecule has 0 radical (unpaired) electrons. The molecule has 1 aromatic rings. The van der Waals surface area contributed by atoms with E-state index in [4.69, 9.17) is 9.47 Å². The number of hydrogen-bond donors (Lipinski definition) is 1. The second kappa shape index (κ2) is 7.62. The Balaban J connectivity index is 2.08. The third-order valence-corrected chi connectivity index (χ3v) is 5.46. The van der Waals surface area contributed by atoms with Crippen molar-refractivity contribution < 1.29 is 27.5 Å². The average molecular weight is 388 g/mol.